The van der Waals surface area contributed by atoms with Crippen molar-refractivity contribution in [2.75, 3.05) is 11.4 Å². The average molecular weight is 282 g/mol. The maximum absolute atomic E-state index is 6.56. The molecule has 0 spiro atoms. The molecule has 1 heterocycles. The third kappa shape index (κ3) is 3.04. The quantitative estimate of drug-likeness (QED) is 0.673. The van der Waals surface area contributed by atoms with E-state index in [-0.39, 0.29) is 4.75 Å². The van der Waals surface area contributed by atoms with Crippen molar-refractivity contribution < 1.29 is 0 Å². The second kappa shape index (κ2) is 5.18. The zero-order chi connectivity index (χ0) is 13.3. The van der Waals surface area contributed by atoms with Gasteiger partial charge in [0.2, 0.25) is 0 Å². The molecule has 1 aromatic rings. The van der Waals surface area contributed by atoms with E-state index in [9.17, 15) is 0 Å². The smallest absolute Gasteiger partial charge is 0.0778 e. The van der Waals surface area contributed by atoms with Crippen LogP contribution < -0.4 is 4.90 Å². The van der Waals surface area contributed by atoms with Gasteiger partial charge in [0.05, 0.1) is 10.7 Å². The highest BCUT2D eigenvalue weighted by atomic mass is 35.5. The van der Waals surface area contributed by atoms with Gasteiger partial charge in [-0.25, -0.2) is 0 Å². The van der Waals surface area contributed by atoms with Crippen molar-refractivity contribution in [3.05, 3.63) is 35.5 Å². The first-order valence-corrected chi connectivity index (χ1v) is 7.51. The van der Waals surface area contributed by atoms with Crippen LogP contribution in [0.25, 0.3) is 0 Å². The summed E-state index contributed by atoms with van der Waals surface area (Å²) in [6.07, 6.45) is 2.25. The molecule has 98 valence electrons. The van der Waals surface area contributed by atoms with Gasteiger partial charge in [0.15, 0.2) is 0 Å². The summed E-state index contributed by atoms with van der Waals surface area (Å²) < 4.78 is 0.171. The number of benzene rings is 1. The number of halogens is 1. The Hall–Kier alpha value is -0.600. The second-order valence-corrected chi connectivity index (χ2v) is 7.87. The Morgan fingerprint density at radius 1 is 1.33 bits per heavy atom. The summed E-state index contributed by atoms with van der Waals surface area (Å²) in [5.41, 5.74) is 2.28. The molecule has 0 unspecified atom stereocenters. The van der Waals surface area contributed by atoms with E-state index in [0.717, 1.165) is 28.6 Å². The highest BCUT2D eigenvalue weighted by Gasteiger charge is 2.22. The summed E-state index contributed by atoms with van der Waals surface area (Å²) in [7, 11) is 0. The first-order valence-electron chi connectivity index (χ1n) is 6.31. The summed E-state index contributed by atoms with van der Waals surface area (Å²) in [6, 6.07) is 6.27. The van der Waals surface area contributed by atoms with E-state index in [1.54, 1.807) is 0 Å². The predicted molar refractivity (Wildman–Crippen MR) is 82.8 cm³/mol. The van der Waals surface area contributed by atoms with E-state index in [4.69, 9.17) is 11.6 Å². The van der Waals surface area contributed by atoms with Gasteiger partial charge >= 0.3 is 0 Å². The Morgan fingerprint density at radius 2 is 2.06 bits per heavy atom. The molecule has 18 heavy (non-hydrogen) atoms. The van der Waals surface area contributed by atoms with Gasteiger partial charge in [-0.3, -0.25) is 0 Å². The molecule has 0 bridgehead atoms. The van der Waals surface area contributed by atoms with Gasteiger partial charge in [-0.2, -0.15) is 0 Å². The van der Waals surface area contributed by atoms with Crippen LogP contribution in [0.3, 0.4) is 0 Å². The van der Waals surface area contributed by atoms with E-state index >= 15 is 0 Å². The zero-order valence-corrected chi connectivity index (χ0v) is 12.9. The van der Waals surface area contributed by atoms with E-state index in [0.29, 0.717) is 0 Å². The molecule has 0 atom stereocenters. The van der Waals surface area contributed by atoms with Crippen LogP contribution in [-0.4, -0.2) is 11.3 Å². The molecule has 1 saturated heterocycles. The Balaban J connectivity index is 2.33. The lowest BCUT2D eigenvalue weighted by atomic mass is 10.2. The molecule has 0 amide bonds. The van der Waals surface area contributed by atoms with Crippen LogP contribution in [0.5, 0.6) is 0 Å². The lowest BCUT2D eigenvalue weighted by molar-refractivity contribution is 0.803. The summed E-state index contributed by atoms with van der Waals surface area (Å²) in [5.74, 6) is 0. The fraction of sp³-hybridized carbons (Fsp3) is 0.467. The number of thioether (sulfide) groups is 1. The molecule has 1 aromatic carbocycles. The van der Waals surface area contributed by atoms with Crippen molar-refractivity contribution in [3.8, 4) is 0 Å². The first-order chi connectivity index (χ1) is 8.38. The van der Waals surface area contributed by atoms with Crippen LogP contribution in [0.4, 0.5) is 5.69 Å². The third-order valence-electron chi connectivity index (χ3n) is 2.88. The minimum Gasteiger partial charge on any atom is -0.344 e. The highest BCUT2D eigenvalue weighted by molar-refractivity contribution is 8.00. The SMILES string of the molecule is C=C1CCCN1c1cccc(SC(C)(C)C)c1Cl. The molecule has 0 saturated carbocycles. The monoisotopic (exact) mass is 281 g/mol. The van der Waals surface area contributed by atoms with Gasteiger partial charge in [-0.15, -0.1) is 11.8 Å². The Labute approximate surface area is 119 Å². The minimum absolute atomic E-state index is 0.171. The normalized spacial score (nSPS) is 16.4. The minimum atomic E-state index is 0.171. The van der Waals surface area contributed by atoms with Crippen LogP contribution in [0.15, 0.2) is 35.4 Å². The van der Waals surface area contributed by atoms with Crippen LogP contribution in [-0.2, 0) is 0 Å². The largest absolute Gasteiger partial charge is 0.344 e. The second-order valence-electron chi connectivity index (χ2n) is 5.63. The first kappa shape index (κ1) is 13.8. The molecular formula is C15H20ClNS. The van der Waals surface area contributed by atoms with Crippen molar-refractivity contribution in [2.45, 2.75) is 43.3 Å². The number of allylic oxidation sites excluding steroid dienone is 1. The standard InChI is InChI=1S/C15H20ClNS/c1-11-7-6-10-17(11)12-8-5-9-13(14(12)16)18-15(2,3)4/h5,8-9H,1,6-7,10H2,2-4H3. The molecular weight excluding hydrogens is 262 g/mol. The van der Waals surface area contributed by atoms with Gasteiger partial charge in [0.25, 0.3) is 0 Å². The van der Waals surface area contributed by atoms with Crippen molar-refractivity contribution in [3.63, 3.8) is 0 Å². The number of hydrogen-bond donors (Lipinski definition) is 0. The lowest BCUT2D eigenvalue weighted by Crippen LogP contribution is -2.16. The molecule has 1 fully saturated rings. The van der Waals surface area contributed by atoms with Gasteiger partial charge in [0.1, 0.15) is 0 Å². The highest BCUT2D eigenvalue weighted by Crippen LogP contribution is 2.42. The summed E-state index contributed by atoms with van der Waals surface area (Å²) in [6.45, 7) is 11.8. The average Bonchev–Trinajstić information content (AvgIpc) is 2.66. The maximum Gasteiger partial charge on any atom is 0.0778 e. The van der Waals surface area contributed by atoms with E-state index in [2.05, 4.69) is 50.4 Å². The van der Waals surface area contributed by atoms with Crippen LogP contribution in [0.1, 0.15) is 33.6 Å². The number of nitrogens with zero attached hydrogens (tertiary/aromatic N) is 1. The van der Waals surface area contributed by atoms with E-state index in [1.165, 1.54) is 12.1 Å². The van der Waals surface area contributed by atoms with Gasteiger partial charge < -0.3 is 4.90 Å². The van der Waals surface area contributed by atoms with Gasteiger partial charge in [0, 0.05) is 21.9 Å². The third-order valence-corrected chi connectivity index (χ3v) is 4.56. The number of anilines is 1. The Bertz CT molecular complexity index is 462. The van der Waals surface area contributed by atoms with Crippen molar-refractivity contribution in [1.29, 1.82) is 0 Å². The van der Waals surface area contributed by atoms with Gasteiger partial charge in [-0.05, 0) is 25.0 Å². The van der Waals surface area contributed by atoms with E-state index in [1.807, 2.05) is 11.8 Å². The van der Waals surface area contributed by atoms with E-state index < -0.39 is 0 Å². The molecule has 0 radical (unpaired) electrons. The van der Waals surface area contributed by atoms with Crippen LogP contribution in [0.2, 0.25) is 5.02 Å². The topological polar surface area (TPSA) is 3.24 Å². The molecule has 0 aliphatic carbocycles. The van der Waals surface area contributed by atoms with Crippen LogP contribution in [0, 0.1) is 0 Å². The van der Waals surface area contributed by atoms with Crippen molar-refractivity contribution >= 4 is 29.1 Å². The molecule has 1 aliphatic rings. The lowest BCUT2D eigenvalue weighted by Gasteiger charge is -2.24. The maximum atomic E-state index is 6.56. The summed E-state index contributed by atoms with van der Waals surface area (Å²) >= 11 is 8.37. The summed E-state index contributed by atoms with van der Waals surface area (Å²) in [5, 5.41) is 0.862. The molecule has 3 heteroatoms. The molecule has 1 aliphatic heterocycles. The van der Waals surface area contributed by atoms with Crippen molar-refractivity contribution in [2.24, 2.45) is 0 Å². The predicted octanol–water partition coefficient (Wildman–Crippen LogP) is 5.34. The Morgan fingerprint density at radius 3 is 2.61 bits per heavy atom. The Kier molecular flexibility index (Phi) is 3.98. The van der Waals surface area contributed by atoms with Crippen LogP contribution >= 0.6 is 23.4 Å². The molecule has 2 rings (SSSR count). The number of rotatable bonds is 2. The molecule has 0 aromatic heterocycles. The summed E-state index contributed by atoms with van der Waals surface area (Å²) in [4.78, 5) is 3.40. The zero-order valence-electron chi connectivity index (χ0n) is 11.3. The fourth-order valence-electron chi connectivity index (χ4n) is 2.14. The number of hydrogen-bond acceptors (Lipinski definition) is 2. The fourth-order valence-corrected chi connectivity index (χ4v) is 3.49. The van der Waals surface area contributed by atoms with Gasteiger partial charge in [-0.1, -0.05) is 45.0 Å². The molecule has 1 nitrogen and oxygen atoms in total. The van der Waals surface area contributed by atoms with Crippen molar-refractivity contribution in [1.82, 2.24) is 0 Å². The molecule has 0 N–H and O–H groups in total.